The van der Waals surface area contributed by atoms with Crippen molar-refractivity contribution >= 4 is 25.9 Å². The minimum Gasteiger partial charge on any atom is -0.377 e. The van der Waals surface area contributed by atoms with E-state index in [0.717, 1.165) is 23.5 Å². The van der Waals surface area contributed by atoms with Gasteiger partial charge in [-0.05, 0) is 42.8 Å². The van der Waals surface area contributed by atoms with E-state index in [1.807, 2.05) is 30.3 Å². The predicted molar refractivity (Wildman–Crippen MR) is 125 cm³/mol. The van der Waals surface area contributed by atoms with Gasteiger partial charge in [0.05, 0.1) is 0 Å². The topological polar surface area (TPSA) is 43.0 Å². The van der Waals surface area contributed by atoms with Gasteiger partial charge in [0, 0.05) is 44.4 Å². The number of para-hydroxylation sites is 3. The van der Waals surface area contributed by atoms with Gasteiger partial charge >= 0.3 is 8.80 Å². The second-order valence-corrected chi connectivity index (χ2v) is 9.99. The average molecular weight is 423 g/mol. The van der Waals surface area contributed by atoms with Gasteiger partial charge in [-0.25, -0.2) is 0 Å². The van der Waals surface area contributed by atoms with Crippen LogP contribution in [0.15, 0.2) is 91.0 Å². The van der Waals surface area contributed by atoms with E-state index in [1.54, 1.807) is 21.3 Å². The lowest BCUT2D eigenvalue weighted by Gasteiger charge is -2.36. The van der Waals surface area contributed by atoms with Crippen molar-refractivity contribution in [3.05, 3.63) is 91.0 Å². The van der Waals surface area contributed by atoms with Gasteiger partial charge in [0.2, 0.25) is 0 Å². The molecule has 1 atom stereocenters. The van der Waals surface area contributed by atoms with Crippen molar-refractivity contribution in [1.82, 2.24) is 0 Å². The fraction of sp³-hybridized carbons (Fsp3) is 0.250. The Kier molecular flexibility index (Phi) is 8.04. The summed E-state index contributed by atoms with van der Waals surface area (Å²) < 4.78 is 17.0. The maximum atomic E-state index is 5.68. The van der Waals surface area contributed by atoms with E-state index in [4.69, 9.17) is 13.3 Å². The van der Waals surface area contributed by atoms with Crippen molar-refractivity contribution in [2.75, 3.05) is 31.5 Å². The summed E-state index contributed by atoms with van der Waals surface area (Å²) in [4.78, 5) is 2.31. The molecule has 0 heterocycles. The summed E-state index contributed by atoms with van der Waals surface area (Å²) in [7, 11) is 2.26. The Hall–Kier alpha value is -2.64. The van der Waals surface area contributed by atoms with Crippen molar-refractivity contribution in [1.29, 1.82) is 0 Å². The fourth-order valence-electron chi connectivity index (χ4n) is 3.55. The summed E-state index contributed by atoms with van der Waals surface area (Å²) in [6, 6.07) is 31.7. The van der Waals surface area contributed by atoms with E-state index in [9.17, 15) is 0 Å². The first kappa shape index (κ1) is 22.1. The van der Waals surface area contributed by atoms with E-state index < -0.39 is 8.80 Å². The van der Waals surface area contributed by atoms with Crippen LogP contribution in [-0.2, 0) is 13.3 Å². The molecule has 0 aliphatic heterocycles. The highest BCUT2D eigenvalue weighted by molar-refractivity contribution is 6.60. The smallest absolute Gasteiger partial charge is 0.377 e. The summed E-state index contributed by atoms with van der Waals surface area (Å²) in [5.74, 6) is 0. The summed E-state index contributed by atoms with van der Waals surface area (Å²) in [6.07, 6.45) is 0.727. The van der Waals surface area contributed by atoms with E-state index >= 15 is 0 Å². The molecule has 0 saturated heterocycles. The van der Waals surface area contributed by atoms with E-state index in [1.165, 1.54) is 0 Å². The summed E-state index contributed by atoms with van der Waals surface area (Å²) >= 11 is 0. The molecule has 0 amide bonds. The molecule has 0 bridgehead atoms. The first-order chi connectivity index (χ1) is 14.7. The van der Waals surface area contributed by atoms with Crippen LogP contribution in [0.1, 0.15) is 6.42 Å². The summed E-state index contributed by atoms with van der Waals surface area (Å²) in [5.41, 5.74) is 3.27. The van der Waals surface area contributed by atoms with Crippen LogP contribution in [0, 0.1) is 0 Å². The number of benzene rings is 3. The molecule has 0 aliphatic carbocycles. The fourth-order valence-corrected chi connectivity index (χ4v) is 5.29. The van der Waals surface area contributed by atoms with Crippen LogP contribution < -0.4 is 10.2 Å². The number of nitrogens with one attached hydrogen (secondary N) is 1. The Morgan fingerprint density at radius 1 is 0.700 bits per heavy atom. The van der Waals surface area contributed by atoms with Crippen molar-refractivity contribution in [3.8, 4) is 0 Å². The lowest BCUT2D eigenvalue weighted by molar-refractivity contribution is 0.122. The third-order valence-corrected chi connectivity index (χ3v) is 7.91. The molecule has 3 rings (SSSR count). The molecule has 3 aromatic carbocycles. The molecule has 1 unspecified atom stereocenters. The third kappa shape index (κ3) is 5.49. The van der Waals surface area contributed by atoms with Crippen LogP contribution in [0.25, 0.3) is 0 Å². The highest BCUT2D eigenvalue weighted by Crippen LogP contribution is 2.31. The molecule has 0 spiro atoms. The first-order valence-electron chi connectivity index (χ1n) is 10.1. The SMILES string of the molecule is CO[Si](CCC(Nc1ccccc1)N(c1ccccc1)c1ccccc1)(OC)OC. The second kappa shape index (κ2) is 10.9. The quantitative estimate of drug-likeness (QED) is 0.325. The zero-order chi connectivity index (χ0) is 21.2. The normalized spacial score (nSPS) is 12.4. The van der Waals surface area contributed by atoms with E-state index in [-0.39, 0.29) is 6.17 Å². The van der Waals surface area contributed by atoms with Gasteiger partial charge in [-0.15, -0.1) is 0 Å². The third-order valence-electron chi connectivity index (χ3n) is 5.14. The Balaban J connectivity index is 1.98. The van der Waals surface area contributed by atoms with Crippen LogP contribution in [0.2, 0.25) is 6.04 Å². The highest BCUT2D eigenvalue weighted by atomic mass is 28.4. The van der Waals surface area contributed by atoms with Crippen LogP contribution in [0.5, 0.6) is 0 Å². The molecule has 0 aliphatic rings. The Labute approximate surface area is 180 Å². The Morgan fingerprint density at radius 2 is 1.13 bits per heavy atom. The van der Waals surface area contributed by atoms with Crippen molar-refractivity contribution in [2.45, 2.75) is 18.6 Å². The maximum absolute atomic E-state index is 5.68. The van der Waals surface area contributed by atoms with Crippen molar-refractivity contribution in [3.63, 3.8) is 0 Å². The zero-order valence-corrected chi connectivity index (χ0v) is 18.8. The Bertz CT molecular complexity index is 814. The van der Waals surface area contributed by atoms with E-state index in [0.29, 0.717) is 6.04 Å². The molecule has 0 radical (unpaired) electrons. The van der Waals surface area contributed by atoms with Gasteiger partial charge in [0.25, 0.3) is 0 Å². The summed E-state index contributed by atoms with van der Waals surface area (Å²) in [5, 5.41) is 3.70. The van der Waals surface area contributed by atoms with Gasteiger partial charge in [0.1, 0.15) is 6.17 Å². The van der Waals surface area contributed by atoms with Crippen LogP contribution in [0.4, 0.5) is 17.1 Å². The minimum atomic E-state index is -2.71. The largest absolute Gasteiger partial charge is 0.500 e. The van der Waals surface area contributed by atoms with Gasteiger partial charge in [-0.1, -0.05) is 54.6 Å². The average Bonchev–Trinajstić information content (AvgIpc) is 2.82. The van der Waals surface area contributed by atoms with Crippen LogP contribution in [0.3, 0.4) is 0 Å². The first-order valence-corrected chi connectivity index (χ1v) is 12.0. The molecule has 30 heavy (non-hydrogen) atoms. The van der Waals surface area contributed by atoms with Crippen molar-refractivity contribution < 1.29 is 13.3 Å². The van der Waals surface area contributed by atoms with Crippen LogP contribution in [-0.4, -0.2) is 36.3 Å². The predicted octanol–water partition coefficient (Wildman–Crippen LogP) is 5.53. The molecule has 3 aromatic rings. The van der Waals surface area contributed by atoms with Gasteiger partial charge < -0.3 is 23.5 Å². The Morgan fingerprint density at radius 3 is 1.57 bits per heavy atom. The van der Waals surface area contributed by atoms with Gasteiger partial charge in [0.15, 0.2) is 0 Å². The maximum Gasteiger partial charge on any atom is 0.500 e. The molecule has 0 aromatic heterocycles. The molecule has 5 nitrogen and oxygen atoms in total. The lowest BCUT2D eigenvalue weighted by atomic mass is 10.2. The second-order valence-electron chi connectivity index (χ2n) is 6.90. The molecule has 1 N–H and O–H groups in total. The van der Waals surface area contributed by atoms with Gasteiger partial charge in [-0.2, -0.15) is 0 Å². The van der Waals surface area contributed by atoms with Crippen molar-refractivity contribution in [2.24, 2.45) is 0 Å². The standard InChI is InChI=1S/C24H30N2O3Si/c1-27-30(28-2,29-3)20-19-24(25-21-13-7-4-8-14-21)26(22-15-9-5-10-16-22)23-17-11-6-12-18-23/h4-18,24-25H,19-20H2,1-3H3. The molecule has 0 saturated carbocycles. The number of hydrogen-bond donors (Lipinski definition) is 1. The molecule has 0 fully saturated rings. The molecular weight excluding hydrogens is 392 g/mol. The zero-order valence-electron chi connectivity index (χ0n) is 17.8. The molecular formula is C24H30N2O3Si. The van der Waals surface area contributed by atoms with Gasteiger partial charge in [-0.3, -0.25) is 0 Å². The monoisotopic (exact) mass is 422 g/mol. The minimum absolute atomic E-state index is 0.0375. The molecule has 6 heteroatoms. The lowest BCUT2D eigenvalue weighted by Crippen LogP contribution is -2.46. The highest BCUT2D eigenvalue weighted by Gasteiger charge is 2.39. The number of nitrogens with zero attached hydrogens (tertiary/aromatic N) is 1. The number of anilines is 3. The van der Waals surface area contributed by atoms with E-state index in [2.05, 4.69) is 70.9 Å². The summed E-state index contributed by atoms with van der Waals surface area (Å²) in [6.45, 7) is 0. The van der Waals surface area contributed by atoms with Crippen LogP contribution >= 0.6 is 0 Å². The number of hydrogen-bond acceptors (Lipinski definition) is 5. The molecule has 158 valence electrons. The number of rotatable bonds is 11.